The van der Waals surface area contributed by atoms with Gasteiger partial charge < -0.3 is 20.1 Å². The number of carbonyl (C=O) groups excluding carboxylic acids is 1. The molecule has 1 aliphatic heterocycles. The number of benzene rings is 1. The molecule has 3 rings (SSSR count). The SMILES string of the molecule is CNc1cnc(C(=O)N2CC[C@](O)(COc3ccc(F)cc3)C2)nc1. The molecule has 1 fully saturated rings. The predicted octanol–water partition coefficient (Wildman–Crippen LogP) is 1.31. The van der Waals surface area contributed by atoms with Crippen molar-refractivity contribution in [1.29, 1.82) is 0 Å². The summed E-state index contributed by atoms with van der Waals surface area (Å²) in [4.78, 5) is 22.0. The molecule has 0 spiro atoms. The molecule has 1 atom stereocenters. The lowest BCUT2D eigenvalue weighted by atomic mass is 10.1. The Morgan fingerprint density at radius 2 is 2.04 bits per heavy atom. The van der Waals surface area contributed by atoms with E-state index in [9.17, 15) is 14.3 Å². The smallest absolute Gasteiger partial charge is 0.291 e. The first-order valence-electron chi connectivity index (χ1n) is 7.89. The Bertz CT molecular complexity index is 739. The molecule has 0 bridgehead atoms. The van der Waals surface area contributed by atoms with E-state index in [1.54, 1.807) is 7.05 Å². The minimum Gasteiger partial charge on any atom is -0.491 e. The average molecular weight is 346 g/mol. The average Bonchev–Trinajstić information content (AvgIpc) is 3.03. The van der Waals surface area contributed by atoms with Crippen LogP contribution in [0, 0.1) is 5.82 Å². The van der Waals surface area contributed by atoms with Crippen LogP contribution in [0.25, 0.3) is 0 Å². The molecule has 2 heterocycles. The normalized spacial score (nSPS) is 19.7. The molecule has 1 aromatic carbocycles. The topological polar surface area (TPSA) is 87.6 Å². The zero-order chi connectivity index (χ0) is 17.9. The van der Waals surface area contributed by atoms with Gasteiger partial charge in [-0.3, -0.25) is 4.79 Å². The summed E-state index contributed by atoms with van der Waals surface area (Å²) in [5.74, 6) is -0.137. The standard InChI is InChI=1S/C17H19FN4O3/c1-19-13-8-20-15(21-9-13)16(23)22-7-6-17(24,10-22)11-25-14-4-2-12(18)3-5-14/h2-5,8-9,19,24H,6-7,10-11H2,1H3/t17-/m1/s1. The zero-order valence-corrected chi connectivity index (χ0v) is 13.8. The Hall–Kier alpha value is -2.74. The number of nitrogens with zero attached hydrogens (tertiary/aromatic N) is 3. The third-order valence-electron chi connectivity index (χ3n) is 4.07. The van der Waals surface area contributed by atoms with Crippen molar-refractivity contribution in [2.24, 2.45) is 0 Å². The highest BCUT2D eigenvalue weighted by molar-refractivity contribution is 5.90. The van der Waals surface area contributed by atoms with Crippen LogP contribution >= 0.6 is 0 Å². The van der Waals surface area contributed by atoms with Gasteiger partial charge in [-0.2, -0.15) is 0 Å². The molecule has 0 aliphatic carbocycles. The summed E-state index contributed by atoms with van der Waals surface area (Å²) in [5.41, 5.74) is -0.447. The van der Waals surface area contributed by atoms with Gasteiger partial charge in [0.15, 0.2) is 0 Å². The Kier molecular flexibility index (Phi) is 4.80. The number of aromatic nitrogens is 2. The van der Waals surface area contributed by atoms with Crippen LogP contribution in [0.15, 0.2) is 36.7 Å². The maximum atomic E-state index is 12.9. The molecule has 25 heavy (non-hydrogen) atoms. The largest absolute Gasteiger partial charge is 0.491 e. The molecule has 2 N–H and O–H groups in total. The summed E-state index contributed by atoms with van der Waals surface area (Å²) < 4.78 is 18.4. The number of halogens is 1. The van der Waals surface area contributed by atoms with Crippen LogP contribution < -0.4 is 10.1 Å². The van der Waals surface area contributed by atoms with Crippen molar-refractivity contribution in [1.82, 2.24) is 14.9 Å². The molecule has 2 aromatic rings. The molecular formula is C17H19FN4O3. The van der Waals surface area contributed by atoms with Crippen LogP contribution in [0.3, 0.4) is 0 Å². The van der Waals surface area contributed by atoms with Crippen LogP contribution in [-0.2, 0) is 0 Å². The highest BCUT2D eigenvalue weighted by Crippen LogP contribution is 2.24. The fraction of sp³-hybridized carbons (Fsp3) is 0.353. The number of carbonyl (C=O) groups is 1. The molecule has 8 heteroatoms. The molecule has 1 aromatic heterocycles. The molecule has 0 saturated carbocycles. The second kappa shape index (κ2) is 7.02. The highest BCUT2D eigenvalue weighted by atomic mass is 19.1. The van der Waals surface area contributed by atoms with Crippen molar-refractivity contribution in [3.63, 3.8) is 0 Å². The second-order valence-electron chi connectivity index (χ2n) is 5.99. The summed E-state index contributed by atoms with van der Waals surface area (Å²) in [7, 11) is 1.74. The van der Waals surface area contributed by atoms with Gasteiger partial charge in [0.25, 0.3) is 5.91 Å². The first-order valence-corrected chi connectivity index (χ1v) is 7.89. The van der Waals surface area contributed by atoms with Crippen molar-refractivity contribution in [3.05, 3.63) is 48.3 Å². The summed E-state index contributed by atoms with van der Waals surface area (Å²) >= 11 is 0. The van der Waals surface area contributed by atoms with Crippen LogP contribution in [0.2, 0.25) is 0 Å². The third kappa shape index (κ3) is 4.03. The minimum absolute atomic E-state index is 0.0158. The number of amides is 1. The maximum absolute atomic E-state index is 12.9. The van der Waals surface area contributed by atoms with Gasteiger partial charge in [-0.15, -0.1) is 0 Å². The van der Waals surface area contributed by atoms with Crippen LogP contribution in [0.1, 0.15) is 17.0 Å². The predicted molar refractivity (Wildman–Crippen MR) is 88.9 cm³/mol. The van der Waals surface area contributed by atoms with E-state index in [-0.39, 0.29) is 30.7 Å². The monoisotopic (exact) mass is 346 g/mol. The Balaban J connectivity index is 1.59. The van der Waals surface area contributed by atoms with E-state index < -0.39 is 5.60 Å². The van der Waals surface area contributed by atoms with Gasteiger partial charge >= 0.3 is 0 Å². The number of hydrogen-bond donors (Lipinski definition) is 2. The maximum Gasteiger partial charge on any atom is 0.291 e. The summed E-state index contributed by atoms with van der Waals surface area (Å²) in [6.45, 7) is 0.533. The van der Waals surface area contributed by atoms with Crippen molar-refractivity contribution >= 4 is 11.6 Å². The van der Waals surface area contributed by atoms with Crippen molar-refractivity contribution < 1.29 is 19.0 Å². The summed E-state index contributed by atoms with van der Waals surface area (Å²) in [6.07, 6.45) is 3.44. The van der Waals surface area contributed by atoms with Gasteiger partial charge in [-0.1, -0.05) is 0 Å². The van der Waals surface area contributed by atoms with Gasteiger partial charge in [0.2, 0.25) is 5.82 Å². The fourth-order valence-corrected chi connectivity index (χ4v) is 2.61. The van der Waals surface area contributed by atoms with Gasteiger partial charge in [0.05, 0.1) is 24.6 Å². The number of β-amino-alcohol motifs (C(OH)–C–C–N with tert-alkyl or cyclic N) is 1. The zero-order valence-electron chi connectivity index (χ0n) is 13.8. The number of hydrogen-bond acceptors (Lipinski definition) is 6. The van der Waals surface area contributed by atoms with E-state index in [2.05, 4.69) is 15.3 Å². The molecular weight excluding hydrogens is 327 g/mol. The lowest BCUT2D eigenvalue weighted by Crippen LogP contribution is -2.41. The van der Waals surface area contributed by atoms with E-state index >= 15 is 0 Å². The quantitative estimate of drug-likeness (QED) is 0.849. The first-order chi connectivity index (χ1) is 12.0. The van der Waals surface area contributed by atoms with Gasteiger partial charge in [-0.25, -0.2) is 14.4 Å². The van der Waals surface area contributed by atoms with Crippen LogP contribution in [0.4, 0.5) is 10.1 Å². The minimum atomic E-state index is -1.16. The van der Waals surface area contributed by atoms with Crippen molar-refractivity contribution in [2.75, 3.05) is 32.1 Å². The molecule has 1 aliphatic rings. The molecule has 1 amide bonds. The van der Waals surface area contributed by atoms with Crippen LogP contribution in [-0.4, -0.2) is 58.2 Å². The lowest BCUT2D eigenvalue weighted by molar-refractivity contribution is 0.00417. The van der Waals surface area contributed by atoms with E-state index in [0.29, 0.717) is 24.4 Å². The molecule has 0 unspecified atom stereocenters. The third-order valence-corrected chi connectivity index (χ3v) is 4.07. The van der Waals surface area contributed by atoms with E-state index in [0.717, 1.165) is 0 Å². The molecule has 1 saturated heterocycles. The Morgan fingerprint density at radius 3 is 2.68 bits per heavy atom. The molecule has 132 valence electrons. The molecule has 7 nitrogen and oxygen atoms in total. The summed E-state index contributed by atoms with van der Waals surface area (Å²) in [5, 5.41) is 13.5. The Labute approximate surface area is 144 Å². The Morgan fingerprint density at radius 1 is 1.36 bits per heavy atom. The summed E-state index contributed by atoms with van der Waals surface area (Å²) in [6, 6.07) is 5.56. The lowest BCUT2D eigenvalue weighted by Gasteiger charge is -2.23. The van der Waals surface area contributed by atoms with Crippen LogP contribution in [0.5, 0.6) is 5.75 Å². The number of nitrogens with one attached hydrogen (secondary N) is 1. The van der Waals surface area contributed by atoms with Crippen molar-refractivity contribution in [2.45, 2.75) is 12.0 Å². The van der Waals surface area contributed by atoms with E-state index in [4.69, 9.17) is 4.74 Å². The number of likely N-dealkylation sites (tertiary alicyclic amines) is 1. The van der Waals surface area contributed by atoms with Gasteiger partial charge in [-0.05, 0) is 30.7 Å². The fourth-order valence-electron chi connectivity index (χ4n) is 2.61. The number of anilines is 1. The molecule has 0 radical (unpaired) electrons. The van der Waals surface area contributed by atoms with Gasteiger partial charge in [0.1, 0.15) is 23.8 Å². The van der Waals surface area contributed by atoms with Crippen molar-refractivity contribution in [3.8, 4) is 5.75 Å². The first kappa shape index (κ1) is 17.1. The highest BCUT2D eigenvalue weighted by Gasteiger charge is 2.39. The van der Waals surface area contributed by atoms with E-state index in [1.807, 2.05) is 0 Å². The number of aliphatic hydroxyl groups is 1. The number of rotatable bonds is 5. The van der Waals surface area contributed by atoms with Gasteiger partial charge in [0, 0.05) is 13.6 Å². The number of ether oxygens (including phenoxy) is 1. The second-order valence-corrected chi connectivity index (χ2v) is 5.99. The van der Waals surface area contributed by atoms with E-state index in [1.165, 1.54) is 41.6 Å².